The van der Waals surface area contributed by atoms with Crippen molar-refractivity contribution in [3.63, 3.8) is 0 Å². The molecule has 0 spiro atoms. The van der Waals surface area contributed by atoms with Gasteiger partial charge in [-0.15, -0.1) is 0 Å². The molecule has 1 aliphatic rings. The van der Waals surface area contributed by atoms with Gasteiger partial charge in [-0.2, -0.15) is 0 Å². The van der Waals surface area contributed by atoms with Gasteiger partial charge in [0.05, 0.1) is 5.92 Å². The lowest BCUT2D eigenvalue weighted by Gasteiger charge is -2.32. The van der Waals surface area contributed by atoms with Crippen molar-refractivity contribution in [2.24, 2.45) is 5.92 Å². The van der Waals surface area contributed by atoms with Crippen LogP contribution in [0.5, 0.6) is 0 Å². The Balaban J connectivity index is 1.69. The highest BCUT2D eigenvalue weighted by Gasteiger charge is 2.28. The highest BCUT2D eigenvalue weighted by Crippen LogP contribution is 2.28. The van der Waals surface area contributed by atoms with Crippen LogP contribution in [0.4, 0.5) is 5.69 Å². The van der Waals surface area contributed by atoms with E-state index in [0.29, 0.717) is 30.1 Å². The van der Waals surface area contributed by atoms with Gasteiger partial charge in [0.25, 0.3) is 0 Å². The van der Waals surface area contributed by atoms with E-state index in [1.54, 1.807) is 0 Å². The summed E-state index contributed by atoms with van der Waals surface area (Å²) in [4.78, 5) is 31.2. The van der Waals surface area contributed by atoms with Gasteiger partial charge in [0.2, 0.25) is 17.7 Å². The molecule has 0 saturated carbocycles. The molecular weight excluding hydrogens is 342 g/mol. The zero-order valence-electron chi connectivity index (χ0n) is 16.7. The van der Waals surface area contributed by atoms with Crippen molar-refractivity contribution in [1.29, 1.82) is 0 Å². The number of hydrogen-bond donors (Lipinski definition) is 1. The first kappa shape index (κ1) is 19.4. The lowest BCUT2D eigenvalue weighted by molar-refractivity contribution is -0.134. The second-order valence-corrected chi connectivity index (χ2v) is 8.37. The second kappa shape index (κ2) is 7.71. The predicted octanol–water partition coefficient (Wildman–Crippen LogP) is 4.10. The number of nitrogens with one attached hydrogen (secondary N) is 1. The molecule has 1 saturated heterocycles. The Labute approximate surface area is 160 Å². The van der Waals surface area contributed by atoms with Crippen molar-refractivity contribution in [3.05, 3.63) is 24.1 Å². The molecule has 27 heavy (non-hydrogen) atoms. The molecule has 1 unspecified atom stereocenters. The van der Waals surface area contributed by atoms with E-state index < -0.39 is 0 Å². The zero-order chi connectivity index (χ0) is 19.6. The predicted molar refractivity (Wildman–Crippen MR) is 106 cm³/mol. The average Bonchev–Trinajstić information content (AvgIpc) is 3.06. The number of carbonyl (C=O) groups is 2. The molecule has 146 valence electrons. The van der Waals surface area contributed by atoms with E-state index in [1.807, 2.05) is 30.0 Å². The third kappa shape index (κ3) is 4.49. The van der Waals surface area contributed by atoms with E-state index >= 15 is 0 Å². The molecule has 2 heterocycles. The van der Waals surface area contributed by atoms with Crippen molar-refractivity contribution in [1.82, 2.24) is 9.88 Å². The lowest BCUT2D eigenvalue weighted by atomic mass is 9.96. The Hall–Kier alpha value is -2.37. The molecule has 1 atom stereocenters. The highest BCUT2D eigenvalue weighted by atomic mass is 16.3. The number of nitrogens with zero attached hydrogens (tertiary/aromatic N) is 2. The molecule has 6 nitrogen and oxygen atoms in total. The van der Waals surface area contributed by atoms with Crippen LogP contribution in [0, 0.1) is 5.92 Å². The zero-order valence-corrected chi connectivity index (χ0v) is 16.7. The number of rotatable bonds is 4. The van der Waals surface area contributed by atoms with E-state index in [0.717, 1.165) is 31.3 Å². The average molecular weight is 371 g/mol. The fourth-order valence-corrected chi connectivity index (χ4v) is 3.36. The number of anilines is 1. The first-order valence-electron chi connectivity index (χ1n) is 9.77. The molecule has 6 heteroatoms. The van der Waals surface area contributed by atoms with Gasteiger partial charge < -0.3 is 14.6 Å². The Morgan fingerprint density at radius 2 is 2.11 bits per heavy atom. The summed E-state index contributed by atoms with van der Waals surface area (Å²) in [5.74, 6) is 0.618. The summed E-state index contributed by atoms with van der Waals surface area (Å²) < 4.78 is 5.80. The van der Waals surface area contributed by atoms with Crippen molar-refractivity contribution < 1.29 is 14.0 Å². The van der Waals surface area contributed by atoms with E-state index in [1.165, 1.54) is 0 Å². The quantitative estimate of drug-likeness (QED) is 0.878. The van der Waals surface area contributed by atoms with Crippen LogP contribution in [0.15, 0.2) is 22.6 Å². The molecule has 0 radical (unpaired) electrons. The molecule has 2 amide bonds. The van der Waals surface area contributed by atoms with Crippen LogP contribution in [-0.2, 0) is 15.0 Å². The molecule has 1 fully saturated rings. The largest absolute Gasteiger partial charge is 0.440 e. The molecule has 1 N–H and O–H groups in total. The fraction of sp³-hybridized carbons (Fsp3) is 0.571. The minimum Gasteiger partial charge on any atom is -0.440 e. The summed E-state index contributed by atoms with van der Waals surface area (Å²) >= 11 is 0. The third-order valence-electron chi connectivity index (χ3n) is 4.91. The van der Waals surface area contributed by atoms with E-state index in [-0.39, 0.29) is 23.1 Å². The Morgan fingerprint density at radius 1 is 1.33 bits per heavy atom. The van der Waals surface area contributed by atoms with Crippen LogP contribution in [0.25, 0.3) is 11.1 Å². The Kier molecular flexibility index (Phi) is 5.53. The first-order chi connectivity index (χ1) is 12.8. The number of aromatic nitrogens is 1. The maximum atomic E-state index is 12.7. The van der Waals surface area contributed by atoms with Crippen LogP contribution in [0.3, 0.4) is 0 Å². The van der Waals surface area contributed by atoms with Crippen LogP contribution in [0.2, 0.25) is 0 Å². The van der Waals surface area contributed by atoms with Crippen LogP contribution < -0.4 is 5.32 Å². The monoisotopic (exact) mass is 371 g/mol. The SMILES string of the molecule is CCCC(=O)N1CCCC(C(=O)Nc2ccc3oc(C(C)(C)C)nc3c2)C1. The van der Waals surface area contributed by atoms with Gasteiger partial charge in [-0.25, -0.2) is 4.98 Å². The van der Waals surface area contributed by atoms with E-state index in [4.69, 9.17) is 4.42 Å². The summed E-state index contributed by atoms with van der Waals surface area (Å²) in [5, 5.41) is 2.98. The second-order valence-electron chi connectivity index (χ2n) is 8.37. The minimum absolute atomic E-state index is 0.0390. The summed E-state index contributed by atoms with van der Waals surface area (Å²) in [6, 6.07) is 5.51. The molecule has 0 aliphatic carbocycles. The summed E-state index contributed by atoms with van der Waals surface area (Å²) in [6.07, 6.45) is 3.06. The number of hydrogen-bond acceptors (Lipinski definition) is 4. The van der Waals surface area contributed by atoms with Gasteiger partial charge in [-0.3, -0.25) is 9.59 Å². The molecule has 1 aromatic heterocycles. The van der Waals surface area contributed by atoms with Gasteiger partial charge in [0, 0.05) is 30.6 Å². The topological polar surface area (TPSA) is 75.4 Å². The fourth-order valence-electron chi connectivity index (χ4n) is 3.36. The number of amides is 2. The lowest BCUT2D eigenvalue weighted by Crippen LogP contribution is -2.43. The standard InChI is InChI=1S/C21H29N3O3/c1-5-7-18(25)24-11-6-8-14(13-24)19(26)22-15-9-10-17-16(12-15)23-20(27-17)21(2,3)4/h9-10,12,14H,5-8,11,13H2,1-4H3,(H,22,26). The van der Waals surface area contributed by atoms with Crippen molar-refractivity contribution in [2.75, 3.05) is 18.4 Å². The van der Waals surface area contributed by atoms with Gasteiger partial charge in [-0.05, 0) is 37.5 Å². The number of oxazole rings is 1. The van der Waals surface area contributed by atoms with Crippen LogP contribution in [0.1, 0.15) is 59.3 Å². The van der Waals surface area contributed by atoms with E-state index in [9.17, 15) is 9.59 Å². The molecule has 0 bridgehead atoms. The van der Waals surface area contributed by atoms with E-state index in [2.05, 4.69) is 31.1 Å². The van der Waals surface area contributed by atoms with Gasteiger partial charge in [0.1, 0.15) is 5.52 Å². The van der Waals surface area contributed by atoms with Crippen LogP contribution >= 0.6 is 0 Å². The highest BCUT2D eigenvalue weighted by molar-refractivity contribution is 5.94. The van der Waals surface area contributed by atoms with Crippen LogP contribution in [-0.4, -0.2) is 34.8 Å². The number of piperidine rings is 1. The molecule has 1 aromatic carbocycles. The maximum absolute atomic E-state index is 12.7. The summed E-state index contributed by atoms with van der Waals surface area (Å²) in [5.41, 5.74) is 1.99. The number of benzene rings is 1. The van der Waals surface area contributed by atoms with Gasteiger partial charge in [0.15, 0.2) is 5.58 Å². The molecule has 2 aromatic rings. The number of fused-ring (bicyclic) bond motifs is 1. The summed E-state index contributed by atoms with van der Waals surface area (Å²) in [7, 11) is 0. The Bertz CT molecular complexity index is 835. The Morgan fingerprint density at radius 3 is 2.81 bits per heavy atom. The smallest absolute Gasteiger partial charge is 0.229 e. The summed E-state index contributed by atoms with van der Waals surface area (Å²) in [6.45, 7) is 9.41. The van der Waals surface area contributed by atoms with Crippen molar-refractivity contribution >= 4 is 28.6 Å². The number of carbonyl (C=O) groups excluding carboxylic acids is 2. The molecule has 1 aliphatic heterocycles. The maximum Gasteiger partial charge on any atom is 0.229 e. The van der Waals surface area contributed by atoms with Crippen molar-refractivity contribution in [3.8, 4) is 0 Å². The normalized spacial score (nSPS) is 17.9. The molecular formula is C21H29N3O3. The molecule has 3 rings (SSSR count). The third-order valence-corrected chi connectivity index (χ3v) is 4.91. The first-order valence-corrected chi connectivity index (χ1v) is 9.77. The van der Waals surface area contributed by atoms with Crippen molar-refractivity contribution in [2.45, 2.75) is 58.8 Å². The number of likely N-dealkylation sites (tertiary alicyclic amines) is 1. The minimum atomic E-state index is -0.169. The van der Waals surface area contributed by atoms with Gasteiger partial charge >= 0.3 is 0 Å². The van der Waals surface area contributed by atoms with Gasteiger partial charge in [-0.1, -0.05) is 27.7 Å².